The lowest BCUT2D eigenvalue weighted by molar-refractivity contribution is 0.768. The fraction of sp³-hybridized carbons (Fsp3) is 0.412. The largest absolute Gasteiger partial charge is 0.340 e. The van der Waals surface area contributed by atoms with Crippen LogP contribution in [0.4, 0.5) is 11.5 Å². The summed E-state index contributed by atoms with van der Waals surface area (Å²) in [6.07, 6.45) is 1.99. The van der Waals surface area contributed by atoms with Crippen molar-refractivity contribution in [3.63, 3.8) is 0 Å². The number of benzene rings is 1. The molecule has 112 valence electrons. The molecule has 0 spiro atoms. The highest BCUT2D eigenvalue weighted by atomic mass is 35.5. The summed E-state index contributed by atoms with van der Waals surface area (Å²) in [4.78, 5) is 9.04. The number of halogens is 1. The van der Waals surface area contributed by atoms with Crippen LogP contribution in [0.15, 0.2) is 30.3 Å². The van der Waals surface area contributed by atoms with Crippen LogP contribution in [0.5, 0.6) is 0 Å². The summed E-state index contributed by atoms with van der Waals surface area (Å²) in [7, 11) is 0. The molecular weight excluding hydrogens is 282 g/mol. The molecule has 3 nitrogen and oxygen atoms in total. The van der Waals surface area contributed by atoms with Gasteiger partial charge in [0.15, 0.2) is 0 Å². The van der Waals surface area contributed by atoms with Gasteiger partial charge in [-0.25, -0.2) is 9.97 Å². The normalized spacial score (nSPS) is 10.9. The fourth-order valence-electron chi connectivity index (χ4n) is 2.14. The predicted octanol–water partition coefficient (Wildman–Crippen LogP) is 4.82. The van der Waals surface area contributed by atoms with E-state index in [1.54, 1.807) is 0 Å². The van der Waals surface area contributed by atoms with Crippen molar-refractivity contribution in [2.45, 2.75) is 39.5 Å². The van der Waals surface area contributed by atoms with E-state index >= 15 is 0 Å². The highest BCUT2D eigenvalue weighted by Crippen LogP contribution is 2.19. The van der Waals surface area contributed by atoms with Crippen molar-refractivity contribution in [2.24, 2.45) is 0 Å². The van der Waals surface area contributed by atoms with Crippen LogP contribution in [0.2, 0.25) is 0 Å². The molecule has 0 aliphatic rings. The van der Waals surface area contributed by atoms with E-state index in [0.717, 1.165) is 35.9 Å². The van der Waals surface area contributed by atoms with Crippen LogP contribution in [-0.4, -0.2) is 15.8 Å². The molecule has 0 saturated heterocycles. The van der Waals surface area contributed by atoms with Gasteiger partial charge >= 0.3 is 0 Å². The van der Waals surface area contributed by atoms with Crippen LogP contribution in [0.1, 0.15) is 43.3 Å². The second-order valence-corrected chi connectivity index (χ2v) is 5.90. The Labute approximate surface area is 131 Å². The molecule has 4 heteroatoms. The average molecular weight is 304 g/mol. The third kappa shape index (κ3) is 4.71. The van der Waals surface area contributed by atoms with Gasteiger partial charge in [0, 0.05) is 29.2 Å². The number of anilines is 2. The Morgan fingerprint density at radius 2 is 2.00 bits per heavy atom. The Balaban J connectivity index is 2.17. The molecule has 0 aliphatic carbocycles. The molecule has 0 bridgehead atoms. The molecular formula is C17H22ClN3. The second-order valence-electron chi connectivity index (χ2n) is 5.53. The van der Waals surface area contributed by atoms with Crippen LogP contribution < -0.4 is 5.32 Å². The lowest BCUT2D eigenvalue weighted by Gasteiger charge is -2.11. The van der Waals surface area contributed by atoms with Gasteiger partial charge in [0.1, 0.15) is 11.6 Å². The number of nitrogens with zero attached hydrogens (tertiary/aromatic N) is 2. The van der Waals surface area contributed by atoms with Crippen molar-refractivity contribution in [1.82, 2.24) is 9.97 Å². The molecule has 2 rings (SSSR count). The summed E-state index contributed by atoms with van der Waals surface area (Å²) in [5.41, 5.74) is 3.32. The van der Waals surface area contributed by atoms with E-state index in [1.807, 2.05) is 13.0 Å². The molecule has 0 aliphatic heterocycles. The molecule has 0 amide bonds. The lowest BCUT2D eigenvalue weighted by Crippen LogP contribution is -2.03. The first-order chi connectivity index (χ1) is 10.1. The van der Waals surface area contributed by atoms with Gasteiger partial charge in [0.2, 0.25) is 0 Å². The van der Waals surface area contributed by atoms with Crippen molar-refractivity contribution in [3.05, 3.63) is 47.4 Å². The summed E-state index contributed by atoms with van der Waals surface area (Å²) >= 11 is 5.75. The van der Waals surface area contributed by atoms with E-state index in [-0.39, 0.29) is 0 Å². The van der Waals surface area contributed by atoms with Gasteiger partial charge in [-0.3, -0.25) is 0 Å². The summed E-state index contributed by atoms with van der Waals surface area (Å²) in [5.74, 6) is 2.73. The summed E-state index contributed by atoms with van der Waals surface area (Å²) < 4.78 is 0. The SMILES string of the molecule is Cc1cc(Nc2cccc(CCCCl)c2)nc(C(C)C)n1. The zero-order chi connectivity index (χ0) is 15.2. The zero-order valence-electron chi connectivity index (χ0n) is 12.9. The van der Waals surface area contributed by atoms with Gasteiger partial charge < -0.3 is 5.32 Å². The lowest BCUT2D eigenvalue weighted by atomic mass is 10.1. The maximum atomic E-state index is 5.75. The first-order valence-electron chi connectivity index (χ1n) is 7.36. The monoisotopic (exact) mass is 303 g/mol. The van der Waals surface area contributed by atoms with Crippen molar-refractivity contribution in [2.75, 3.05) is 11.2 Å². The molecule has 0 fully saturated rings. The number of aryl methyl sites for hydroxylation is 2. The van der Waals surface area contributed by atoms with Crippen molar-refractivity contribution in [3.8, 4) is 0 Å². The van der Waals surface area contributed by atoms with Crippen LogP contribution in [0.3, 0.4) is 0 Å². The molecule has 1 aromatic heterocycles. The zero-order valence-corrected chi connectivity index (χ0v) is 13.6. The van der Waals surface area contributed by atoms with Crippen molar-refractivity contribution in [1.29, 1.82) is 0 Å². The first-order valence-corrected chi connectivity index (χ1v) is 7.89. The molecule has 1 N–H and O–H groups in total. The highest BCUT2D eigenvalue weighted by molar-refractivity contribution is 6.17. The van der Waals surface area contributed by atoms with Gasteiger partial charge in [0.25, 0.3) is 0 Å². The summed E-state index contributed by atoms with van der Waals surface area (Å²) in [6.45, 7) is 6.20. The average Bonchev–Trinajstić information content (AvgIpc) is 2.45. The Hall–Kier alpha value is -1.61. The summed E-state index contributed by atoms with van der Waals surface area (Å²) in [6, 6.07) is 10.4. The van der Waals surface area contributed by atoms with Gasteiger partial charge in [0.05, 0.1) is 0 Å². The van der Waals surface area contributed by atoms with E-state index in [9.17, 15) is 0 Å². The molecule has 0 unspecified atom stereocenters. The van der Waals surface area contributed by atoms with Crippen LogP contribution >= 0.6 is 11.6 Å². The summed E-state index contributed by atoms with van der Waals surface area (Å²) in [5, 5.41) is 3.37. The Morgan fingerprint density at radius 1 is 1.19 bits per heavy atom. The predicted molar refractivity (Wildman–Crippen MR) is 89.6 cm³/mol. The number of hydrogen-bond acceptors (Lipinski definition) is 3. The van der Waals surface area contributed by atoms with Gasteiger partial charge in [-0.1, -0.05) is 26.0 Å². The molecule has 21 heavy (non-hydrogen) atoms. The number of hydrogen-bond donors (Lipinski definition) is 1. The van der Waals surface area contributed by atoms with Gasteiger partial charge in [-0.2, -0.15) is 0 Å². The topological polar surface area (TPSA) is 37.8 Å². The fourth-order valence-corrected chi connectivity index (χ4v) is 2.27. The van der Waals surface area contributed by atoms with E-state index in [2.05, 4.69) is 53.4 Å². The highest BCUT2D eigenvalue weighted by Gasteiger charge is 2.06. The molecule has 0 atom stereocenters. The molecule has 2 aromatic rings. The number of alkyl halides is 1. The maximum Gasteiger partial charge on any atom is 0.134 e. The molecule has 1 aromatic carbocycles. The maximum absolute atomic E-state index is 5.75. The third-order valence-electron chi connectivity index (χ3n) is 3.19. The van der Waals surface area contributed by atoms with E-state index in [4.69, 9.17) is 11.6 Å². The number of aromatic nitrogens is 2. The molecule has 0 saturated carbocycles. The van der Waals surface area contributed by atoms with Crippen LogP contribution in [0, 0.1) is 6.92 Å². The first kappa shape index (κ1) is 15.8. The smallest absolute Gasteiger partial charge is 0.134 e. The minimum absolute atomic E-state index is 0.320. The van der Waals surface area contributed by atoms with Gasteiger partial charge in [-0.15, -0.1) is 11.6 Å². The van der Waals surface area contributed by atoms with Gasteiger partial charge in [-0.05, 0) is 37.5 Å². The minimum atomic E-state index is 0.320. The minimum Gasteiger partial charge on any atom is -0.340 e. The number of rotatable bonds is 6. The Morgan fingerprint density at radius 3 is 2.71 bits per heavy atom. The van der Waals surface area contributed by atoms with Crippen molar-refractivity contribution >= 4 is 23.1 Å². The van der Waals surface area contributed by atoms with E-state index in [1.165, 1.54) is 5.56 Å². The van der Waals surface area contributed by atoms with E-state index < -0.39 is 0 Å². The molecule has 1 heterocycles. The Bertz CT molecular complexity index is 596. The standard InChI is InChI=1S/C17H22ClN3/c1-12(2)17-19-13(3)10-16(21-17)20-15-8-4-6-14(11-15)7-5-9-18/h4,6,8,10-12H,5,7,9H2,1-3H3,(H,19,20,21). The molecule has 0 radical (unpaired) electrons. The second kappa shape index (κ2) is 7.41. The quantitative estimate of drug-likeness (QED) is 0.777. The Kier molecular flexibility index (Phi) is 5.57. The van der Waals surface area contributed by atoms with Crippen LogP contribution in [0.25, 0.3) is 0 Å². The number of nitrogens with one attached hydrogen (secondary N) is 1. The van der Waals surface area contributed by atoms with E-state index in [0.29, 0.717) is 11.8 Å². The van der Waals surface area contributed by atoms with Crippen molar-refractivity contribution < 1.29 is 0 Å². The third-order valence-corrected chi connectivity index (χ3v) is 3.45. The van der Waals surface area contributed by atoms with Crippen LogP contribution in [-0.2, 0) is 6.42 Å².